The fourth-order valence-corrected chi connectivity index (χ4v) is 9.97. The van der Waals surface area contributed by atoms with Gasteiger partial charge in [-0.3, -0.25) is 14.4 Å². The van der Waals surface area contributed by atoms with Gasteiger partial charge in [-0.25, -0.2) is 4.79 Å². The fourth-order valence-electron chi connectivity index (χ4n) is 9.97. The average Bonchev–Trinajstić information content (AvgIpc) is 3.46. The summed E-state index contributed by atoms with van der Waals surface area (Å²) in [6.07, 6.45) is 55.3. The number of aliphatic carboxylic acids is 1. The Morgan fingerprint density at radius 1 is 0.430 bits per heavy atom. The number of carbonyl (C=O) groups is 4. The second-order valence-electron chi connectivity index (χ2n) is 22.4. The first kappa shape index (κ1) is 73.7. The van der Waals surface area contributed by atoms with E-state index in [0.717, 1.165) is 57.8 Å². The summed E-state index contributed by atoms with van der Waals surface area (Å²) < 4.78 is 28.4. The Morgan fingerprint density at radius 3 is 1.19 bits per heavy atom. The van der Waals surface area contributed by atoms with Crippen LogP contribution in [-0.4, -0.2) is 89.2 Å². The lowest BCUT2D eigenvalue weighted by molar-refractivity contribution is -0.301. The van der Waals surface area contributed by atoms with Crippen LogP contribution in [0.5, 0.6) is 0 Å². The van der Waals surface area contributed by atoms with Gasteiger partial charge >= 0.3 is 23.9 Å². The summed E-state index contributed by atoms with van der Waals surface area (Å²) in [7, 11) is 0. The van der Waals surface area contributed by atoms with Crippen molar-refractivity contribution in [3.8, 4) is 0 Å². The highest BCUT2D eigenvalue weighted by atomic mass is 16.7. The van der Waals surface area contributed by atoms with Gasteiger partial charge in [0.05, 0.1) is 6.61 Å². The summed E-state index contributed by atoms with van der Waals surface area (Å²) in [5.74, 6) is -3.19. The standard InChI is InChI=1S/C67H118O12/c1-4-7-10-13-16-19-22-25-27-29-30-32-33-36-38-41-44-47-50-53-59(68)75-56-58(77-60(69)54-51-48-45-42-40-37-34-31-28-26-23-20-17-14-11-8-5-2)57-76-67-65(63(72)62(71)64(79-67)66(73)74)78-61(70)55-52-49-46-43-39-35-24-21-18-15-12-9-6-3/h9,12,18,21,35,39,46,49,58,62-65,67,71-72H,4-8,10-11,13-17,19-20,22-34,36-38,40-45,47-48,50-57H2,1-3H3,(H,73,74)/b12-9-,21-18-,39-35-,49-46-. The van der Waals surface area contributed by atoms with E-state index in [1.165, 1.54) is 180 Å². The van der Waals surface area contributed by atoms with Crippen LogP contribution >= 0.6 is 0 Å². The van der Waals surface area contributed by atoms with Crippen LogP contribution in [0.25, 0.3) is 0 Å². The zero-order valence-electron chi connectivity index (χ0n) is 50.6. The van der Waals surface area contributed by atoms with Crippen LogP contribution in [0.2, 0.25) is 0 Å². The smallest absolute Gasteiger partial charge is 0.335 e. The van der Waals surface area contributed by atoms with Crippen molar-refractivity contribution < 1.29 is 58.2 Å². The zero-order chi connectivity index (χ0) is 57.5. The number of carbonyl (C=O) groups excluding carboxylic acids is 3. The molecule has 6 atom stereocenters. The number of ether oxygens (including phenoxy) is 5. The second kappa shape index (κ2) is 55.2. The van der Waals surface area contributed by atoms with Gasteiger partial charge in [-0.05, 0) is 44.9 Å². The number of esters is 3. The molecule has 0 aromatic rings. The van der Waals surface area contributed by atoms with E-state index >= 15 is 0 Å². The van der Waals surface area contributed by atoms with Gasteiger partial charge in [0, 0.05) is 19.3 Å². The minimum Gasteiger partial charge on any atom is -0.479 e. The van der Waals surface area contributed by atoms with Crippen LogP contribution in [0.15, 0.2) is 48.6 Å². The Hall–Kier alpha value is -3.32. The molecule has 12 heteroatoms. The molecule has 0 amide bonds. The number of unbranched alkanes of at least 4 members (excludes halogenated alkanes) is 34. The molecular formula is C67H118O12. The third-order valence-corrected chi connectivity index (χ3v) is 14.9. The number of hydrogen-bond acceptors (Lipinski definition) is 11. The Labute approximate surface area is 482 Å². The van der Waals surface area contributed by atoms with Crippen LogP contribution in [0.3, 0.4) is 0 Å². The van der Waals surface area contributed by atoms with E-state index < -0.39 is 67.3 Å². The topological polar surface area (TPSA) is 175 Å². The van der Waals surface area contributed by atoms with E-state index in [-0.39, 0.29) is 25.9 Å². The van der Waals surface area contributed by atoms with Crippen molar-refractivity contribution in [3.63, 3.8) is 0 Å². The largest absolute Gasteiger partial charge is 0.479 e. The molecule has 6 unspecified atom stereocenters. The quantitative estimate of drug-likeness (QED) is 0.0228. The van der Waals surface area contributed by atoms with E-state index in [0.29, 0.717) is 25.7 Å². The molecule has 458 valence electrons. The van der Waals surface area contributed by atoms with Crippen LogP contribution in [0.4, 0.5) is 0 Å². The number of hydrogen-bond donors (Lipinski definition) is 3. The van der Waals surface area contributed by atoms with E-state index in [1.807, 2.05) is 18.2 Å². The summed E-state index contributed by atoms with van der Waals surface area (Å²) in [6, 6.07) is 0. The number of aliphatic hydroxyl groups excluding tert-OH is 2. The van der Waals surface area contributed by atoms with Gasteiger partial charge in [0.25, 0.3) is 0 Å². The van der Waals surface area contributed by atoms with Gasteiger partial charge < -0.3 is 39.0 Å². The third kappa shape index (κ3) is 45.0. The van der Waals surface area contributed by atoms with E-state index in [9.17, 15) is 34.5 Å². The minimum atomic E-state index is -1.92. The van der Waals surface area contributed by atoms with Gasteiger partial charge in [0.2, 0.25) is 0 Å². The van der Waals surface area contributed by atoms with Gasteiger partial charge in [-0.15, -0.1) is 0 Å². The number of aliphatic hydroxyl groups is 2. The lowest BCUT2D eigenvalue weighted by Gasteiger charge is -2.40. The number of carboxylic acids is 1. The Kier molecular flexibility index (Phi) is 51.5. The number of carboxylic acid groups (broad SMARTS) is 1. The molecule has 0 aliphatic carbocycles. The van der Waals surface area contributed by atoms with Gasteiger partial charge in [0.1, 0.15) is 18.8 Å². The van der Waals surface area contributed by atoms with Gasteiger partial charge in [0.15, 0.2) is 24.6 Å². The van der Waals surface area contributed by atoms with Crippen LogP contribution in [0.1, 0.15) is 303 Å². The molecule has 0 saturated carbocycles. The summed E-state index contributed by atoms with van der Waals surface area (Å²) >= 11 is 0. The molecule has 1 fully saturated rings. The Balaban J connectivity index is 2.65. The van der Waals surface area contributed by atoms with Gasteiger partial charge in [-0.1, -0.05) is 288 Å². The highest BCUT2D eigenvalue weighted by molar-refractivity contribution is 5.74. The summed E-state index contributed by atoms with van der Waals surface area (Å²) in [5, 5.41) is 31.5. The average molecular weight is 1120 g/mol. The molecule has 3 N–H and O–H groups in total. The van der Waals surface area contributed by atoms with E-state index in [1.54, 1.807) is 0 Å². The Morgan fingerprint density at radius 2 is 0.797 bits per heavy atom. The van der Waals surface area contributed by atoms with E-state index in [4.69, 9.17) is 23.7 Å². The molecule has 0 radical (unpaired) electrons. The predicted octanol–water partition coefficient (Wildman–Crippen LogP) is 17.3. The highest BCUT2D eigenvalue weighted by Gasteiger charge is 2.50. The van der Waals surface area contributed by atoms with E-state index in [2.05, 4.69) is 51.2 Å². The third-order valence-electron chi connectivity index (χ3n) is 14.9. The monoisotopic (exact) mass is 1110 g/mol. The molecule has 1 aliphatic heterocycles. The number of rotatable bonds is 56. The second-order valence-corrected chi connectivity index (χ2v) is 22.4. The van der Waals surface area contributed by atoms with Crippen molar-refractivity contribution in [1.82, 2.24) is 0 Å². The first-order valence-electron chi connectivity index (χ1n) is 32.6. The van der Waals surface area contributed by atoms with Crippen LogP contribution in [-0.2, 0) is 42.9 Å². The molecule has 0 aromatic carbocycles. The van der Waals surface area contributed by atoms with Crippen molar-refractivity contribution in [2.24, 2.45) is 0 Å². The molecule has 1 saturated heterocycles. The van der Waals surface area contributed by atoms with Gasteiger partial charge in [-0.2, -0.15) is 0 Å². The minimum absolute atomic E-state index is 0.0578. The molecule has 1 aliphatic rings. The lowest BCUT2D eigenvalue weighted by Crippen LogP contribution is -2.61. The van der Waals surface area contributed by atoms with Crippen LogP contribution in [0, 0.1) is 0 Å². The fraction of sp³-hybridized carbons (Fsp3) is 0.821. The first-order chi connectivity index (χ1) is 38.6. The summed E-state index contributed by atoms with van der Waals surface area (Å²) in [4.78, 5) is 51.2. The predicted molar refractivity (Wildman–Crippen MR) is 322 cm³/mol. The molecule has 12 nitrogen and oxygen atoms in total. The maximum atomic E-state index is 13.2. The first-order valence-corrected chi connectivity index (χ1v) is 32.6. The highest BCUT2D eigenvalue weighted by Crippen LogP contribution is 2.26. The lowest BCUT2D eigenvalue weighted by atomic mass is 9.98. The molecule has 0 spiro atoms. The number of allylic oxidation sites excluding steroid dienone is 8. The molecule has 0 bridgehead atoms. The SMILES string of the molecule is CC/C=C\C/C=C\C/C=C\C/C=C\CCC(=O)OC1C(OCC(COC(=O)CCCCCCCCCCCCCCCCCCCCC)OC(=O)CCCCCCCCCCCCCCCCCCC)OC(C(=O)O)C(O)C1O. The maximum Gasteiger partial charge on any atom is 0.335 e. The molecule has 79 heavy (non-hydrogen) atoms. The molecule has 1 heterocycles. The van der Waals surface area contributed by atoms with Crippen molar-refractivity contribution in [1.29, 1.82) is 0 Å². The van der Waals surface area contributed by atoms with Crippen molar-refractivity contribution in [2.45, 2.75) is 340 Å². The van der Waals surface area contributed by atoms with Crippen molar-refractivity contribution >= 4 is 23.9 Å². The normalized spacial score (nSPS) is 18.1. The summed E-state index contributed by atoms with van der Waals surface area (Å²) in [5.41, 5.74) is 0. The maximum absolute atomic E-state index is 13.2. The molecule has 0 aromatic heterocycles. The summed E-state index contributed by atoms with van der Waals surface area (Å²) in [6.45, 7) is 5.90. The Bertz CT molecular complexity index is 1560. The van der Waals surface area contributed by atoms with Crippen molar-refractivity contribution in [2.75, 3.05) is 13.2 Å². The van der Waals surface area contributed by atoms with Crippen molar-refractivity contribution in [3.05, 3.63) is 48.6 Å². The zero-order valence-corrected chi connectivity index (χ0v) is 50.6. The molecule has 1 rings (SSSR count). The van der Waals surface area contributed by atoms with Crippen LogP contribution < -0.4 is 0 Å². The molecular weight excluding hydrogens is 997 g/mol.